The van der Waals surface area contributed by atoms with Crippen LogP contribution in [0.3, 0.4) is 0 Å². The lowest BCUT2D eigenvalue weighted by Crippen LogP contribution is -2.54. The van der Waals surface area contributed by atoms with Crippen molar-refractivity contribution in [3.63, 3.8) is 0 Å². The topological polar surface area (TPSA) is 107 Å². The highest BCUT2D eigenvalue weighted by atomic mass is 16.7. The lowest BCUT2D eigenvalue weighted by Gasteiger charge is -2.22. The minimum Gasteiger partial charge on any atom is -0.435 e. The molecular formula is C8H8O7. The van der Waals surface area contributed by atoms with E-state index in [4.69, 9.17) is 0 Å². The molecule has 0 amide bonds. The van der Waals surface area contributed by atoms with Crippen LogP contribution in [0.15, 0.2) is 0 Å². The van der Waals surface area contributed by atoms with Crippen LogP contribution in [-0.4, -0.2) is 40.5 Å². The van der Waals surface area contributed by atoms with E-state index < -0.39 is 35.4 Å². The third-order valence-corrected chi connectivity index (χ3v) is 1.93. The van der Waals surface area contributed by atoms with Crippen molar-refractivity contribution in [1.29, 1.82) is 0 Å². The Labute approximate surface area is 84.0 Å². The third-order valence-electron chi connectivity index (χ3n) is 1.93. The molecule has 0 spiro atoms. The summed E-state index contributed by atoms with van der Waals surface area (Å²) in [6.07, 6.45) is -2.11. The van der Waals surface area contributed by atoms with Crippen molar-refractivity contribution in [2.45, 2.75) is 25.6 Å². The van der Waals surface area contributed by atoms with Crippen molar-refractivity contribution in [3.05, 3.63) is 0 Å². The molecule has 82 valence electrons. The molecule has 0 aromatic carbocycles. The molecule has 0 radical (unpaired) electrons. The molecule has 15 heavy (non-hydrogen) atoms. The second-order valence-electron chi connectivity index (χ2n) is 3.00. The van der Waals surface area contributed by atoms with Gasteiger partial charge in [-0.1, -0.05) is 0 Å². The zero-order valence-electron chi connectivity index (χ0n) is 7.97. The zero-order valence-corrected chi connectivity index (χ0v) is 7.97. The van der Waals surface area contributed by atoms with Crippen LogP contribution in [0, 0.1) is 0 Å². The Morgan fingerprint density at radius 3 is 2.20 bits per heavy atom. The van der Waals surface area contributed by atoms with Crippen LogP contribution in [-0.2, 0) is 28.7 Å². The summed E-state index contributed by atoms with van der Waals surface area (Å²) in [7, 11) is 0. The van der Waals surface area contributed by atoms with E-state index in [1.54, 1.807) is 0 Å². The van der Waals surface area contributed by atoms with Gasteiger partial charge in [0.2, 0.25) is 6.10 Å². The molecule has 0 aromatic rings. The number of aliphatic hydroxyl groups excluding tert-OH is 1. The number of carbonyl (C=O) groups excluding carboxylic acids is 4. The van der Waals surface area contributed by atoms with E-state index >= 15 is 0 Å². The third kappa shape index (κ3) is 1.50. The van der Waals surface area contributed by atoms with Gasteiger partial charge in [-0.2, -0.15) is 0 Å². The quantitative estimate of drug-likeness (QED) is 0.434. The summed E-state index contributed by atoms with van der Waals surface area (Å²) in [6, 6.07) is 0. The zero-order chi connectivity index (χ0) is 11.8. The first-order chi connectivity index (χ1) is 6.82. The molecule has 1 N–H and O–H groups in total. The maximum absolute atomic E-state index is 11.2. The molecule has 7 heteroatoms. The maximum Gasteiger partial charge on any atom is 0.369 e. The Balaban J connectivity index is 3.21. The molecular weight excluding hydrogens is 208 g/mol. The van der Waals surface area contributed by atoms with E-state index in [9.17, 15) is 24.3 Å². The van der Waals surface area contributed by atoms with Crippen LogP contribution in [0.4, 0.5) is 0 Å². The van der Waals surface area contributed by atoms with E-state index in [0.29, 0.717) is 0 Å². The van der Waals surface area contributed by atoms with E-state index in [1.807, 2.05) is 0 Å². The first kappa shape index (κ1) is 11.3. The molecule has 1 aliphatic rings. The van der Waals surface area contributed by atoms with Crippen molar-refractivity contribution in [1.82, 2.24) is 0 Å². The number of carbonyl (C=O) groups is 4. The lowest BCUT2D eigenvalue weighted by molar-refractivity contribution is -0.181. The molecule has 7 nitrogen and oxygen atoms in total. The maximum atomic E-state index is 11.2. The van der Waals surface area contributed by atoms with Gasteiger partial charge in [0.15, 0.2) is 5.78 Å². The smallest absolute Gasteiger partial charge is 0.369 e. The summed E-state index contributed by atoms with van der Waals surface area (Å²) in [6.45, 7) is 1.85. The summed E-state index contributed by atoms with van der Waals surface area (Å²) < 4.78 is 8.45. The normalized spacial score (nSPS) is 29.9. The van der Waals surface area contributed by atoms with Gasteiger partial charge in [0.25, 0.3) is 0 Å². The predicted molar refractivity (Wildman–Crippen MR) is 42.3 cm³/mol. The molecule has 0 bridgehead atoms. The summed E-state index contributed by atoms with van der Waals surface area (Å²) in [4.78, 5) is 43.9. The van der Waals surface area contributed by atoms with Gasteiger partial charge in [-0.3, -0.25) is 9.59 Å². The fourth-order valence-electron chi connectivity index (χ4n) is 1.23. The lowest BCUT2D eigenvalue weighted by atomic mass is 9.94. The van der Waals surface area contributed by atoms with Gasteiger partial charge in [-0.15, -0.1) is 0 Å². The number of cyclic esters (lactones) is 2. The molecule has 1 rings (SSSR count). The predicted octanol–water partition coefficient (Wildman–Crippen LogP) is -1.68. The Morgan fingerprint density at radius 2 is 1.93 bits per heavy atom. The van der Waals surface area contributed by atoms with Crippen molar-refractivity contribution in [2.24, 2.45) is 0 Å². The number of Topliss-reactive ketones (excluding diaryl/α,β-unsaturated/α-hetero) is 1. The van der Waals surface area contributed by atoms with Gasteiger partial charge in [0.1, 0.15) is 0 Å². The average Bonchev–Trinajstić information content (AvgIpc) is 2.29. The number of hydrogen-bond acceptors (Lipinski definition) is 7. The summed E-state index contributed by atoms with van der Waals surface area (Å²) in [5.74, 6) is -4.63. The second-order valence-corrected chi connectivity index (χ2v) is 3.00. The summed E-state index contributed by atoms with van der Waals surface area (Å²) >= 11 is 0. The highest BCUT2D eigenvalue weighted by molar-refractivity contribution is 6.18. The first-order valence-corrected chi connectivity index (χ1v) is 3.97. The molecule has 2 atom stereocenters. The highest BCUT2D eigenvalue weighted by Crippen LogP contribution is 2.27. The first-order valence-electron chi connectivity index (χ1n) is 3.97. The Kier molecular flexibility index (Phi) is 2.59. The van der Waals surface area contributed by atoms with Crippen molar-refractivity contribution in [2.75, 3.05) is 0 Å². The van der Waals surface area contributed by atoms with Crippen LogP contribution in [0.2, 0.25) is 0 Å². The second kappa shape index (κ2) is 3.43. The summed E-state index contributed by atoms with van der Waals surface area (Å²) in [5, 5.41) is 9.30. The molecule has 1 saturated heterocycles. The van der Waals surface area contributed by atoms with E-state index in [0.717, 1.165) is 13.8 Å². The summed E-state index contributed by atoms with van der Waals surface area (Å²) in [5.41, 5.74) is -2.54. The Morgan fingerprint density at radius 1 is 1.40 bits per heavy atom. The van der Waals surface area contributed by atoms with Crippen LogP contribution in [0.25, 0.3) is 0 Å². The minimum atomic E-state index is -2.54. The number of aliphatic hydroxyl groups is 1. The van der Waals surface area contributed by atoms with Crippen LogP contribution < -0.4 is 0 Å². The Hall–Kier alpha value is -1.76. The molecule has 1 fully saturated rings. The van der Waals surface area contributed by atoms with Gasteiger partial charge < -0.3 is 14.6 Å². The van der Waals surface area contributed by atoms with Gasteiger partial charge >= 0.3 is 23.5 Å². The number of rotatable bonds is 2. The highest BCUT2D eigenvalue weighted by Gasteiger charge is 2.64. The fraction of sp³-hybridized carbons (Fsp3) is 0.500. The number of hydrogen-bond donors (Lipinski definition) is 1. The molecule has 1 aliphatic heterocycles. The van der Waals surface area contributed by atoms with Crippen LogP contribution >= 0.6 is 0 Å². The van der Waals surface area contributed by atoms with Gasteiger partial charge in [0, 0.05) is 6.92 Å². The van der Waals surface area contributed by atoms with Crippen LogP contribution in [0.5, 0.6) is 0 Å². The van der Waals surface area contributed by atoms with Crippen molar-refractivity contribution < 1.29 is 33.8 Å². The standard InChI is InChI=1S/C8H8O7/c1-3(9)8(15-4(2)10)5(11)6(12)14-7(8)13/h5,11H,1-2H3/t5-,8+/m0/s1. The monoisotopic (exact) mass is 216 g/mol. The SMILES string of the molecule is CC(=O)O[C@@]1(C(C)=O)C(=O)OC(=O)[C@@H]1O. The van der Waals surface area contributed by atoms with Gasteiger partial charge in [-0.05, 0) is 6.92 Å². The molecule has 0 saturated carbocycles. The fourth-order valence-corrected chi connectivity index (χ4v) is 1.23. The van der Waals surface area contributed by atoms with Crippen molar-refractivity contribution in [3.8, 4) is 0 Å². The van der Waals surface area contributed by atoms with Crippen molar-refractivity contribution >= 4 is 23.7 Å². The molecule has 0 unspecified atom stereocenters. The van der Waals surface area contributed by atoms with Gasteiger partial charge in [-0.25, -0.2) is 9.59 Å². The molecule has 0 aliphatic carbocycles. The average molecular weight is 216 g/mol. The van der Waals surface area contributed by atoms with Crippen LogP contribution in [0.1, 0.15) is 13.8 Å². The van der Waals surface area contributed by atoms with Gasteiger partial charge in [0.05, 0.1) is 0 Å². The molecule has 0 aromatic heterocycles. The number of ether oxygens (including phenoxy) is 2. The largest absolute Gasteiger partial charge is 0.435 e. The Bertz CT molecular complexity index is 358. The van der Waals surface area contributed by atoms with E-state index in [1.165, 1.54) is 0 Å². The van der Waals surface area contributed by atoms with E-state index in [-0.39, 0.29) is 0 Å². The van der Waals surface area contributed by atoms with E-state index in [2.05, 4.69) is 9.47 Å². The number of esters is 3. The molecule has 1 heterocycles. The number of ketones is 1. The minimum absolute atomic E-state index is 0.909.